The Morgan fingerprint density at radius 1 is 0.846 bits per heavy atom. The van der Waals surface area contributed by atoms with Crippen LogP contribution in [0.1, 0.15) is 35.5 Å². The highest BCUT2D eigenvalue weighted by atomic mass is 16.7. The van der Waals surface area contributed by atoms with Gasteiger partial charge in [-0.15, -0.1) is 0 Å². The van der Waals surface area contributed by atoms with E-state index in [4.69, 9.17) is 23.7 Å². The molecule has 0 unspecified atom stereocenters. The topological polar surface area (TPSA) is 46.2 Å². The SMILES string of the molecule is CCOCc1cccc(C(OC)OC)c1C(OC)(OC)c1ccccc1. The van der Waals surface area contributed by atoms with Gasteiger partial charge >= 0.3 is 0 Å². The maximum absolute atomic E-state index is 5.97. The third-order valence-corrected chi connectivity index (χ3v) is 4.38. The lowest BCUT2D eigenvalue weighted by molar-refractivity contribution is -0.188. The molecule has 0 spiro atoms. The van der Waals surface area contributed by atoms with Crippen molar-refractivity contribution >= 4 is 0 Å². The maximum Gasteiger partial charge on any atom is 0.222 e. The van der Waals surface area contributed by atoms with Gasteiger partial charge in [-0.1, -0.05) is 48.5 Å². The van der Waals surface area contributed by atoms with Crippen molar-refractivity contribution in [3.63, 3.8) is 0 Å². The molecule has 0 radical (unpaired) electrons. The number of ether oxygens (including phenoxy) is 5. The number of hydrogen-bond acceptors (Lipinski definition) is 5. The Hall–Kier alpha value is -1.76. The lowest BCUT2D eigenvalue weighted by Crippen LogP contribution is -2.35. The van der Waals surface area contributed by atoms with Gasteiger partial charge in [0, 0.05) is 51.7 Å². The van der Waals surface area contributed by atoms with Crippen LogP contribution in [0.5, 0.6) is 0 Å². The largest absolute Gasteiger partial charge is 0.377 e. The molecule has 2 aromatic carbocycles. The molecule has 142 valence electrons. The predicted molar refractivity (Wildman–Crippen MR) is 99.8 cm³/mol. The maximum atomic E-state index is 5.97. The fraction of sp³-hybridized carbons (Fsp3) is 0.429. The Kier molecular flexibility index (Phi) is 7.75. The molecule has 2 aromatic rings. The normalized spacial score (nSPS) is 11.9. The van der Waals surface area contributed by atoms with Crippen molar-refractivity contribution in [2.24, 2.45) is 0 Å². The second kappa shape index (κ2) is 9.80. The highest BCUT2D eigenvalue weighted by molar-refractivity contribution is 5.45. The van der Waals surface area contributed by atoms with Crippen LogP contribution in [0.4, 0.5) is 0 Å². The standard InChI is InChI=1S/C21H28O5/c1-6-26-15-16-11-10-14-18(20(22-2)23-3)19(16)21(24-4,25-5)17-12-8-7-9-13-17/h7-14,20H,6,15H2,1-5H3. The van der Waals surface area contributed by atoms with E-state index in [1.54, 1.807) is 28.4 Å². The average molecular weight is 360 g/mol. The van der Waals surface area contributed by atoms with Crippen LogP contribution in [-0.2, 0) is 36.1 Å². The molecular formula is C21H28O5. The van der Waals surface area contributed by atoms with E-state index < -0.39 is 12.1 Å². The van der Waals surface area contributed by atoms with Gasteiger partial charge in [-0.2, -0.15) is 0 Å². The average Bonchev–Trinajstić information content (AvgIpc) is 2.70. The number of methoxy groups -OCH3 is 4. The number of hydrogen-bond donors (Lipinski definition) is 0. The van der Waals surface area contributed by atoms with Crippen LogP contribution >= 0.6 is 0 Å². The summed E-state index contributed by atoms with van der Waals surface area (Å²) < 4.78 is 28.7. The minimum atomic E-state index is -1.11. The summed E-state index contributed by atoms with van der Waals surface area (Å²) >= 11 is 0. The molecule has 0 fully saturated rings. The van der Waals surface area contributed by atoms with Gasteiger partial charge in [0.2, 0.25) is 5.79 Å². The highest BCUT2D eigenvalue weighted by Crippen LogP contribution is 2.41. The third kappa shape index (κ3) is 3.98. The second-order valence-electron chi connectivity index (χ2n) is 5.71. The first-order valence-corrected chi connectivity index (χ1v) is 8.59. The summed E-state index contributed by atoms with van der Waals surface area (Å²) in [6, 6.07) is 15.7. The summed E-state index contributed by atoms with van der Waals surface area (Å²) in [5.41, 5.74) is 3.50. The van der Waals surface area contributed by atoms with Crippen molar-refractivity contribution in [3.8, 4) is 0 Å². The van der Waals surface area contributed by atoms with Gasteiger partial charge in [-0.3, -0.25) is 0 Å². The van der Waals surface area contributed by atoms with E-state index in [2.05, 4.69) is 0 Å². The van der Waals surface area contributed by atoms with Crippen molar-refractivity contribution in [2.75, 3.05) is 35.0 Å². The molecule has 26 heavy (non-hydrogen) atoms. The molecule has 5 nitrogen and oxygen atoms in total. The van der Waals surface area contributed by atoms with Crippen molar-refractivity contribution < 1.29 is 23.7 Å². The van der Waals surface area contributed by atoms with E-state index in [9.17, 15) is 0 Å². The Morgan fingerprint density at radius 2 is 1.50 bits per heavy atom. The predicted octanol–water partition coefficient (Wildman–Crippen LogP) is 4.01. The summed E-state index contributed by atoms with van der Waals surface area (Å²) in [5.74, 6) is -1.11. The van der Waals surface area contributed by atoms with E-state index in [1.165, 1.54) is 0 Å². The van der Waals surface area contributed by atoms with Crippen molar-refractivity contribution in [3.05, 3.63) is 70.8 Å². The summed E-state index contributed by atoms with van der Waals surface area (Å²) in [5, 5.41) is 0. The zero-order chi connectivity index (χ0) is 19.0. The lowest BCUT2D eigenvalue weighted by atomic mass is 9.88. The van der Waals surface area contributed by atoms with Crippen LogP contribution in [0.15, 0.2) is 48.5 Å². The molecule has 0 aliphatic rings. The van der Waals surface area contributed by atoms with Gasteiger partial charge in [-0.25, -0.2) is 0 Å². The molecule has 0 bridgehead atoms. The minimum Gasteiger partial charge on any atom is -0.377 e. The van der Waals surface area contributed by atoms with Crippen molar-refractivity contribution in [2.45, 2.75) is 25.6 Å². The molecule has 0 atom stereocenters. The first-order chi connectivity index (χ1) is 12.7. The van der Waals surface area contributed by atoms with Gasteiger partial charge in [-0.05, 0) is 12.5 Å². The molecule has 5 heteroatoms. The lowest BCUT2D eigenvalue weighted by Gasteiger charge is -2.36. The molecule has 0 aromatic heterocycles. The Balaban J connectivity index is 2.76. The van der Waals surface area contributed by atoms with Crippen molar-refractivity contribution in [1.82, 2.24) is 0 Å². The van der Waals surface area contributed by atoms with Crippen LogP contribution < -0.4 is 0 Å². The zero-order valence-electron chi connectivity index (χ0n) is 16.2. The van der Waals surface area contributed by atoms with E-state index in [0.29, 0.717) is 13.2 Å². The van der Waals surface area contributed by atoms with Crippen LogP contribution in [0.3, 0.4) is 0 Å². The van der Waals surface area contributed by atoms with Gasteiger partial charge in [0.25, 0.3) is 0 Å². The zero-order valence-corrected chi connectivity index (χ0v) is 16.2. The smallest absolute Gasteiger partial charge is 0.222 e. The van der Waals surface area contributed by atoms with Crippen molar-refractivity contribution in [1.29, 1.82) is 0 Å². The molecule has 0 amide bonds. The van der Waals surface area contributed by atoms with Gasteiger partial charge < -0.3 is 23.7 Å². The van der Waals surface area contributed by atoms with E-state index in [1.807, 2.05) is 55.5 Å². The van der Waals surface area contributed by atoms with Gasteiger partial charge in [0.15, 0.2) is 6.29 Å². The molecule has 0 heterocycles. The highest BCUT2D eigenvalue weighted by Gasteiger charge is 2.40. The molecule has 0 N–H and O–H groups in total. The molecule has 0 saturated heterocycles. The number of benzene rings is 2. The van der Waals surface area contributed by atoms with Gasteiger partial charge in [0.1, 0.15) is 0 Å². The van der Waals surface area contributed by atoms with Crippen LogP contribution in [-0.4, -0.2) is 35.0 Å². The summed E-state index contributed by atoms with van der Waals surface area (Å²) in [6.07, 6.45) is -0.556. The molecular weight excluding hydrogens is 332 g/mol. The summed E-state index contributed by atoms with van der Waals surface area (Å²) in [7, 11) is 6.48. The van der Waals surface area contributed by atoms with Crippen LogP contribution in [0.25, 0.3) is 0 Å². The second-order valence-corrected chi connectivity index (χ2v) is 5.71. The fourth-order valence-corrected chi connectivity index (χ4v) is 3.23. The van der Waals surface area contributed by atoms with E-state index in [-0.39, 0.29) is 0 Å². The fourth-order valence-electron chi connectivity index (χ4n) is 3.23. The first kappa shape index (κ1) is 20.6. The van der Waals surface area contributed by atoms with E-state index in [0.717, 1.165) is 22.3 Å². The quantitative estimate of drug-likeness (QED) is 0.599. The minimum absolute atomic E-state index is 0.432. The first-order valence-electron chi connectivity index (χ1n) is 8.59. The van der Waals surface area contributed by atoms with Gasteiger partial charge in [0.05, 0.1) is 6.61 Å². The Bertz CT molecular complexity index is 663. The Labute approximate surface area is 155 Å². The summed E-state index contributed by atoms with van der Waals surface area (Å²) in [4.78, 5) is 0. The molecule has 0 aliphatic carbocycles. The van der Waals surface area contributed by atoms with Crippen LogP contribution in [0.2, 0.25) is 0 Å². The number of rotatable bonds is 10. The Morgan fingerprint density at radius 3 is 2.04 bits per heavy atom. The monoisotopic (exact) mass is 360 g/mol. The summed E-state index contributed by atoms with van der Waals surface area (Å²) in [6.45, 7) is 3.01. The molecule has 2 rings (SSSR count). The van der Waals surface area contributed by atoms with Crippen LogP contribution in [0, 0.1) is 0 Å². The van der Waals surface area contributed by atoms with E-state index >= 15 is 0 Å². The molecule has 0 aliphatic heterocycles. The third-order valence-electron chi connectivity index (χ3n) is 4.38. The molecule has 0 saturated carbocycles.